The molecule has 1 rings (SSSR count). The fourth-order valence-corrected chi connectivity index (χ4v) is 1.34. The third kappa shape index (κ3) is 1.29. The molecule has 0 aromatic carbocycles. The van der Waals surface area contributed by atoms with Crippen LogP contribution in [0.2, 0.25) is 0 Å². The van der Waals surface area contributed by atoms with Gasteiger partial charge < -0.3 is 5.73 Å². The molecule has 1 unspecified atom stereocenters. The van der Waals surface area contributed by atoms with Gasteiger partial charge in [0.1, 0.15) is 0 Å². The fraction of sp³-hybridized carbons (Fsp3) is 0.556. The van der Waals surface area contributed by atoms with Crippen LogP contribution in [0.15, 0.2) is 23.8 Å². The number of rotatable bonds is 1. The van der Waals surface area contributed by atoms with Crippen molar-refractivity contribution in [3.63, 3.8) is 0 Å². The van der Waals surface area contributed by atoms with Crippen LogP contribution in [0.1, 0.15) is 26.7 Å². The summed E-state index contributed by atoms with van der Waals surface area (Å²) in [6, 6.07) is 0. The van der Waals surface area contributed by atoms with Gasteiger partial charge in [0.25, 0.3) is 0 Å². The second kappa shape index (κ2) is 2.59. The smallest absolute Gasteiger partial charge is 0.0378 e. The van der Waals surface area contributed by atoms with Crippen molar-refractivity contribution in [2.75, 3.05) is 0 Å². The topological polar surface area (TPSA) is 26.0 Å². The summed E-state index contributed by atoms with van der Waals surface area (Å²) in [6.45, 7) is 4.24. The minimum atomic E-state index is -0.0799. The van der Waals surface area contributed by atoms with Crippen LogP contribution in [0.5, 0.6) is 0 Å². The Labute approximate surface area is 62.6 Å². The highest BCUT2D eigenvalue weighted by molar-refractivity contribution is 5.28. The van der Waals surface area contributed by atoms with E-state index < -0.39 is 0 Å². The van der Waals surface area contributed by atoms with Crippen molar-refractivity contribution >= 4 is 0 Å². The van der Waals surface area contributed by atoms with Crippen LogP contribution in [0, 0.1) is 0 Å². The molecule has 1 nitrogen and oxygen atoms in total. The zero-order valence-corrected chi connectivity index (χ0v) is 6.72. The van der Waals surface area contributed by atoms with Crippen LogP contribution in [0.3, 0.4) is 0 Å². The molecular formula is C9H15N. The maximum atomic E-state index is 6.01. The highest BCUT2D eigenvalue weighted by Gasteiger charge is 2.21. The van der Waals surface area contributed by atoms with E-state index in [4.69, 9.17) is 5.73 Å². The predicted octanol–water partition coefficient (Wildman–Crippen LogP) is 2.00. The van der Waals surface area contributed by atoms with Gasteiger partial charge in [0, 0.05) is 5.54 Å². The minimum Gasteiger partial charge on any atom is -0.322 e. The molecule has 1 heteroatoms. The van der Waals surface area contributed by atoms with Crippen molar-refractivity contribution in [2.45, 2.75) is 32.2 Å². The number of allylic oxidation sites excluding steroid dienone is 2. The van der Waals surface area contributed by atoms with Gasteiger partial charge in [0.2, 0.25) is 0 Å². The first kappa shape index (κ1) is 7.55. The van der Waals surface area contributed by atoms with Gasteiger partial charge in [-0.25, -0.2) is 0 Å². The van der Waals surface area contributed by atoms with Crippen molar-refractivity contribution < 1.29 is 0 Å². The van der Waals surface area contributed by atoms with Crippen molar-refractivity contribution in [3.05, 3.63) is 23.8 Å². The Hall–Kier alpha value is -0.560. The number of hydrogen-bond acceptors (Lipinski definition) is 1. The third-order valence-corrected chi connectivity index (χ3v) is 2.09. The second-order valence-corrected chi connectivity index (χ2v) is 3.10. The van der Waals surface area contributed by atoms with Gasteiger partial charge in [0.15, 0.2) is 0 Å². The van der Waals surface area contributed by atoms with E-state index >= 15 is 0 Å². The normalized spacial score (nSPS) is 32.1. The largest absolute Gasteiger partial charge is 0.322 e. The Morgan fingerprint density at radius 1 is 1.70 bits per heavy atom. The zero-order valence-electron chi connectivity index (χ0n) is 6.72. The molecule has 0 amide bonds. The van der Waals surface area contributed by atoms with E-state index in [-0.39, 0.29) is 5.54 Å². The van der Waals surface area contributed by atoms with Gasteiger partial charge >= 0.3 is 0 Å². The maximum Gasteiger partial charge on any atom is 0.0378 e. The molecule has 56 valence electrons. The molecule has 0 spiro atoms. The van der Waals surface area contributed by atoms with Crippen LogP contribution < -0.4 is 5.73 Å². The number of nitrogens with two attached hydrogens (primary N) is 1. The summed E-state index contributed by atoms with van der Waals surface area (Å²) in [5, 5.41) is 0. The average molecular weight is 137 g/mol. The Kier molecular flexibility index (Phi) is 1.95. The molecule has 0 saturated heterocycles. The van der Waals surface area contributed by atoms with Crippen LogP contribution in [-0.2, 0) is 0 Å². The van der Waals surface area contributed by atoms with E-state index in [0.29, 0.717) is 0 Å². The highest BCUT2D eigenvalue weighted by Crippen LogP contribution is 2.24. The lowest BCUT2D eigenvalue weighted by Crippen LogP contribution is -2.38. The van der Waals surface area contributed by atoms with Crippen LogP contribution in [0.25, 0.3) is 0 Å². The van der Waals surface area contributed by atoms with Crippen molar-refractivity contribution in [3.8, 4) is 0 Å². The summed E-state index contributed by atoms with van der Waals surface area (Å²) in [6.07, 6.45) is 8.39. The van der Waals surface area contributed by atoms with Gasteiger partial charge in [-0.3, -0.25) is 0 Å². The molecule has 1 atom stereocenters. The van der Waals surface area contributed by atoms with E-state index in [9.17, 15) is 0 Å². The SMILES string of the molecule is CCC1=CC=CCC1(C)N. The summed E-state index contributed by atoms with van der Waals surface area (Å²) in [5.74, 6) is 0. The van der Waals surface area contributed by atoms with Crippen LogP contribution >= 0.6 is 0 Å². The Balaban J connectivity index is 2.81. The molecule has 1 aliphatic rings. The van der Waals surface area contributed by atoms with Crippen molar-refractivity contribution in [1.82, 2.24) is 0 Å². The van der Waals surface area contributed by atoms with E-state index in [0.717, 1.165) is 12.8 Å². The van der Waals surface area contributed by atoms with E-state index in [1.807, 2.05) is 0 Å². The molecule has 0 aromatic heterocycles. The molecule has 0 aromatic rings. The first-order valence-corrected chi connectivity index (χ1v) is 3.82. The highest BCUT2D eigenvalue weighted by atomic mass is 14.7. The number of hydrogen-bond donors (Lipinski definition) is 1. The van der Waals surface area contributed by atoms with Crippen molar-refractivity contribution in [2.24, 2.45) is 5.73 Å². The predicted molar refractivity (Wildman–Crippen MR) is 44.7 cm³/mol. The molecule has 0 bridgehead atoms. The monoisotopic (exact) mass is 137 g/mol. The standard InChI is InChI=1S/C9H15N/c1-3-8-6-4-5-7-9(8,2)10/h4-6H,3,7,10H2,1-2H3. The molecule has 10 heavy (non-hydrogen) atoms. The average Bonchev–Trinajstić information content (AvgIpc) is 1.87. The van der Waals surface area contributed by atoms with E-state index in [1.165, 1.54) is 5.57 Å². The molecule has 0 fully saturated rings. The van der Waals surface area contributed by atoms with E-state index in [1.54, 1.807) is 0 Å². The first-order chi connectivity index (χ1) is 4.67. The molecule has 0 radical (unpaired) electrons. The molecular weight excluding hydrogens is 122 g/mol. The van der Waals surface area contributed by atoms with Gasteiger partial charge in [-0.1, -0.05) is 30.7 Å². The second-order valence-electron chi connectivity index (χ2n) is 3.10. The molecule has 2 N–H and O–H groups in total. The first-order valence-electron chi connectivity index (χ1n) is 3.82. The Morgan fingerprint density at radius 3 is 2.80 bits per heavy atom. The molecule has 0 saturated carbocycles. The summed E-state index contributed by atoms with van der Waals surface area (Å²) in [7, 11) is 0. The third-order valence-electron chi connectivity index (χ3n) is 2.09. The van der Waals surface area contributed by atoms with Gasteiger partial charge in [-0.15, -0.1) is 0 Å². The van der Waals surface area contributed by atoms with Crippen molar-refractivity contribution in [1.29, 1.82) is 0 Å². The van der Waals surface area contributed by atoms with Crippen LogP contribution in [-0.4, -0.2) is 5.54 Å². The summed E-state index contributed by atoms with van der Waals surface area (Å²) < 4.78 is 0. The zero-order chi connectivity index (χ0) is 7.61. The summed E-state index contributed by atoms with van der Waals surface area (Å²) in [5.41, 5.74) is 7.29. The van der Waals surface area contributed by atoms with Gasteiger partial charge in [0.05, 0.1) is 0 Å². The maximum absolute atomic E-state index is 6.01. The van der Waals surface area contributed by atoms with Gasteiger partial charge in [-0.2, -0.15) is 0 Å². The summed E-state index contributed by atoms with van der Waals surface area (Å²) >= 11 is 0. The summed E-state index contributed by atoms with van der Waals surface area (Å²) in [4.78, 5) is 0. The van der Waals surface area contributed by atoms with Gasteiger partial charge in [-0.05, 0) is 19.8 Å². The van der Waals surface area contributed by atoms with Crippen LogP contribution in [0.4, 0.5) is 0 Å². The van der Waals surface area contributed by atoms with E-state index in [2.05, 4.69) is 32.1 Å². The lowest BCUT2D eigenvalue weighted by Gasteiger charge is -2.28. The quantitative estimate of drug-likeness (QED) is 0.587. The Bertz CT molecular complexity index is 175. The Morgan fingerprint density at radius 2 is 2.40 bits per heavy atom. The lowest BCUT2D eigenvalue weighted by molar-refractivity contribution is 0.536. The molecule has 0 aliphatic heterocycles. The minimum absolute atomic E-state index is 0.0799. The lowest BCUT2D eigenvalue weighted by atomic mass is 9.84. The fourth-order valence-electron chi connectivity index (χ4n) is 1.34. The molecule has 0 heterocycles. The molecule has 1 aliphatic carbocycles.